The van der Waals surface area contributed by atoms with Crippen molar-refractivity contribution in [3.05, 3.63) is 24.0 Å². The Morgan fingerprint density at radius 1 is 1.53 bits per heavy atom. The van der Waals surface area contributed by atoms with Crippen LogP contribution in [-0.4, -0.2) is 17.4 Å². The molecule has 0 aliphatic carbocycles. The summed E-state index contributed by atoms with van der Waals surface area (Å²) < 4.78 is 0. The van der Waals surface area contributed by atoms with Crippen LogP contribution < -0.4 is 11.1 Å². The summed E-state index contributed by atoms with van der Waals surface area (Å²) in [5, 5.41) is 2.91. The third kappa shape index (κ3) is 3.44. The Labute approximate surface area is 103 Å². The van der Waals surface area contributed by atoms with Crippen molar-refractivity contribution in [1.82, 2.24) is 10.3 Å². The molecular weight excluding hydrogens is 214 g/mol. The van der Waals surface area contributed by atoms with Crippen molar-refractivity contribution in [1.29, 1.82) is 0 Å². The van der Waals surface area contributed by atoms with E-state index >= 15 is 0 Å². The molecule has 94 valence electrons. The lowest BCUT2D eigenvalue weighted by Gasteiger charge is -2.29. The van der Waals surface area contributed by atoms with Crippen LogP contribution in [0.15, 0.2) is 18.5 Å². The van der Waals surface area contributed by atoms with E-state index in [-0.39, 0.29) is 11.3 Å². The highest BCUT2D eigenvalue weighted by Crippen LogP contribution is 2.24. The smallest absolute Gasteiger partial charge is 0.253 e. The van der Waals surface area contributed by atoms with Crippen molar-refractivity contribution in [2.24, 2.45) is 11.3 Å². The molecule has 0 saturated heterocycles. The molecular formula is C13H21N3O. The molecule has 1 aromatic rings. The van der Waals surface area contributed by atoms with Crippen LogP contribution in [0.5, 0.6) is 0 Å². The van der Waals surface area contributed by atoms with Crippen LogP contribution in [-0.2, 0) is 0 Å². The summed E-state index contributed by atoms with van der Waals surface area (Å²) in [5.41, 5.74) is 6.66. The highest BCUT2D eigenvalue weighted by molar-refractivity contribution is 5.98. The van der Waals surface area contributed by atoms with Crippen LogP contribution in [0.3, 0.4) is 0 Å². The minimum atomic E-state index is -0.140. The van der Waals surface area contributed by atoms with E-state index in [0.29, 0.717) is 23.7 Å². The van der Waals surface area contributed by atoms with Crippen molar-refractivity contribution in [3.8, 4) is 0 Å². The number of nitrogens with zero attached hydrogens (tertiary/aromatic N) is 1. The lowest BCUT2D eigenvalue weighted by molar-refractivity contribution is 0.0925. The molecule has 4 heteroatoms. The maximum atomic E-state index is 11.9. The first kappa shape index (κ1) is 13.5. The first-order valence-corrected chi connectivity index (χ1v) is 5.82. The quantitative estimate of drug-likeness (QED) is 0.839. The van der Waals surface area contributed by atoms with Gasteiger partial charge >= 0.3 is 0 Å². The molecule has 0 aromatic carbocycles. The summed E-state index contributed by atoms with van der Waals surface area (Å²) in [4.78, 5) is 15.8. The predicted molar refractivity (Wildman–Crippen MR) is 69.6 cm³/mol. The third-order valence-electron chi connectivity index (χ3n) is 3.36. The molecule has 1 aromatic heterocycles. The van der Waals surface area contributed by atoms with E-state index in [1.54, 1.807) is 12.3 Å². The number of anilines is 1. The molecule has 0 aliphatic rings. The average Bonchev–Trinajstić information content (AvgIpc) is 2.26. The molecule has 0 spiro atoms. The number of rotatable bonds is 4. The van der Waals surface area contributed by atoms with E-state index in [9.17, 15) is 4.79 Å². The molecule has 0 aliphatic heterocycles. The largest absolute Gasteiger partial charge is 0.397 e. The minimum Gasteiger partial charge on any atom is -0.397 e. The van der Waals surface area contributed by atoms with Gasteiger partial charge in [0.25, 0.3) is 5.91 Å². The van der Waals surface area contributed by atoms with Crippen molar-refractivity contribution >= 4 is 11.6 Å². The number of nitrogen functional groups attached to an aromatic ring is 1. The monoisotopic (exact) mass is 235 g/mol. The fraction of sp³-hybridized carbons (Fsp3) is 0.538. The molecule has 1 heterocycles. The van der Waals surface area contributed by atoms with Gasteiger partial charge in [0.1, 0.15) is 0 Å². The Balaban J connectivity index is 2.66. The van der Waals surface area contributed by atoms with E-state index in [1.807, 2.05) is 0 Å². The van der Waals surface area contributed by atoms with Gasteiger partial charge in [0, 0.05) is 12.7 Å². The molecule has 0 radical (unpaired) electrons. The van der Waals surface area contributed by atoms with Gasteiger partial charge in [-0.1, -0.05) is 27.7 Å². The first-order chi connectivity index (χ1) is 7.84. The number of nitrogens with two attached hydrogens (primary N) is 1. The maximum absolute atomic E-state index is 11.9. The predicted octanol–water partition coefficient (Wildman–Crippen LogP) is 2.08. The average molecular weight is 235 g/mol. The zero-order valence-corrected chi connectivity index (χ0v) is 10.9. The van der Waals surface area contributed by atoms with Gasteiger partial charge in [0.05, 0.1) is 17.4 Å². The molecule has 0 atom stereocenters. The van der Waals surface area contributed by atoms with E-state index in [4.69, 9.17) is 5.73 Å². The molecule has 0 bridgehead atoms. The lowest BCUT2D eigenvalue weighted by atomic mass is 9.81. The van der Waals surface area contributed by atoms with Gasteiger partial charge in [-0.15, -0.1) is 0 Å². The fourth-order valence-corrected chi connectivity index (χ4v) is 1.22. The van der Waals surface area contributed by atoms with Crippen molar-refractivity contribution in [2.75, 3.05) is 12.3 Å². The van der Waals surface area contributed by atoms with Gasteiger partial charge in [-0.25, -0.2) is 0 Å². The summed E-state index contributed by atoms with van der Waals surface area (Å²) in [6.45, 7) is 9.19. The number of carbonyl (C=O) groups is 1. The molecule has 4 nitrogen and oxygen atoms in total. The molecule has 0 fully saturated rings. The van der Waals surface area contributed by atoms with Crippen LogP contribution in [0.2, 0.25) is 0 Å². The Bertz CT molecular complexity index is 399. The second-order valence-corrected chi connectivity index (χ2v) is 5.29. The van der Waals surface area contributed by atoms with Crippen LogP contribution in [0, 0.1) is 11.3 Å². The standard InChI is InChI=1S/C13H21N3O/c1-9(2)13(3,4)8-16-12(17)10-5-6-15-7-11(10)14/h5-7,9H,8,14H2,1-4H3,(H,16,17). The van der Waals surface area contributed by atoms with Gasteiger partial charge in [-0.3, -0.25) is 9.78 Å². The number of carbonyl (C=O) groups excluding carboxylic acids is 1. The molecule has 1 rings (SSSR count). The fourth-order valence-electron chi connectivity index (χ4n) is 1.22. The van der Waals surface area contributed by atoms with Crippen molar-refractivity contribution in [2.45, 2.75) is 27.7 Å². The van der Waals surface area contributed by atoms with E-state index in [0.717, 1.165) is 0 Å². The second kappa shape index (κ2) is 5.17. The van der Waals surface area contributed by atoms with Gasteiger partial charge in [0.15, 0.2) is 0 Å². The number of aromatic nitrogens is 1. The summed E-state index contributed by atoms with van der Waals surface area (Å²) in [7, 11) is 0. The Morgan fingerprint density at radius 2 is 2.18 bits per heavy atom. The van der Waals surface area contributed by atoms with Crippen LogP contribution in [0.25, 0.3) is 0 Å². The normalized spacial score (nSPS) is 11.6. The minimum absolute atomic E-state index is 0.0669. The third-order valence-corrected chi connectivity index (χ3v) is 3.36. The summed E-state index contributed by atoms with van der Waals surface area (Å²) in [6, 6.07) is 1.63. The Hall–Kier alpha value is -1.58. The Morgan fingerprint density at radius 3 is 2.71 bits per heavy atom. The van der Waals surface area contributed by atoms with Gasteiger partial charge in [-0.2, -0.15) is 0 Å². The molecule has 17 heavy (non-hydrogen) atoms. The summed E-state index contributed by atoms with van der Waals surface area (Å²) in [5.74, 6) is 0.358. The molecule has 0 unspecified atom stereocenters. The molecule has 1 amide bonds. The zero-order valence-electron chi connectivity index (χ0n) is 10.9. The van der Waals surface area contributed by atoms with Gasteiger partial charge in [0.2, 0.25) is 0 Å². The summed E-state index contributed by atoms with van der Waals surface area (Å²) >= 11 is 0. The maximum Gasteiger partial charge on any atom is 0.253 e. The van der Waals surface area contributed by atoms with E-state index < -0.39 is 0 Å². The van der Waals surface area contributed by atoms with Crippen molar-refractivity contribution < 1.29 is 4.79 Å². The SMILES string of the molecule is CC(C)C(C)(C)CNC(=O)c1ccncc1N. The number of hydrogen-bond donors (Lipinski definition) is 2. The van der Waals surface area contributed by atoms with Crippen molar-refractivity contribution in [3.63, 3.8) is 0 Å². The lowest BCUT2D eigenvalue weighted by Crippen LogP contribution is -2.37. The van der Waals surface area contributed by atoms with Crippen LogP contribution >= 0.6 is 0 Å². The number of amides is 1. The van der Waals surface area contributed by atoms with E-state index in [1.165, 1.54) is 6.20 Å². The highest BCUT2D eigenvalue weighted by atomic mass is 16.1. The van der Waals surface area contributed by atoms with Gasteiger partial charge in [-0.05, 0) is 17.4 Å². The van der Waals surface area contributed by atoms with Crippen LogP contribution in [0.1, 0.15) is 38.1 Å². The number of pyridine rings is 1. The zero-order chi connectivity index (χ0) is 13.1. The Kier molecular flexibility index (Phi) is 4.10. The van der Waals surface area contributed by atoms with Crippen LogP contribution in [0.4, 0.5) is 5.69 Å². The first-order valence-electron chi connectivity index (χ1n) is 5.82. The number of nitrogens with one attached hydrogen (secondary N) is 1. The topological polar surface area (TPSA) is 68.0 Å². The molecule has 3 N–H and O–H groups in total. The highest BCUT2D eigenvalue weighted by Gasteiger charge is 2.23. The summed E-state index contributed by atoms with van der Waals surface area (Å²) in [6.07, 6.45) is 3.06. The van der Waals surface area contributed by atoms with Gasteiger partial charge < -0.3 is 11.1 Å². The number of hydrogen-bond acceptors (Lipinski definition) is 3. The molecule has 0 saturated carbocycles. The van der Waals surface area contributed by atoms with E-state index in [2.05, 4.69) is 38.0 Å². The second-order valence-electron chi connectivity index (χ2n) is 5.29.